The van der Waals surface area contributed by atoms with E-state index in [0.29, 0.717) is 0 Å². The highest BCUT2D eigenvalue weighted by molar-refractivity contribution is 4.96. The summed E-state index contributed by atoms with van der Waals surface area (Å²) in [6.45, 7) is 3.77. The van der Waals surface area contributed by atoms with Crippen molar-refractivity contribution in [3.63, 3.8) is 0 Å². The Balaban J connectivity index is 1.46. The summed E-state index contributed by atoms with van der Waals surface area (Å²) in [5.41, 5.74) is 0. The van der Waals surface area contributed by atoms with Gasteiger partial charge in [-0.25, -0.2) is 0 Å². The second kappa shape index (κ2) is 5.99. The summed E-state index contributed by atoms with van der Waals surface area (Å²) in [4.78, 5) is 2.16. The van der Waals surface area contributed by atoms with Crippen molar-refractivity contribution >= 4 is 0 Å². The van der Waals surface area contributed by atoms with Crippen molar-refractivity contribution in [3.8, 4) is 0 Å². The predicted octanol–water partition coefficient (Wildman–Crippen LogP) is 1.34. The molecule has 0 atom stereocenters. The van der Waals surface area contributed by atoms with Gasteiger partial charge in [0.1, 0.15) is 0 Å². The SMILES string of the molecule is CN(C)CCOCCNC(C1CC1)C1CC1. The van der Waals surface area contributed by atoms with Crippen LogP contribution in [0.15, 0.2) is 0 Å². The van der Waals surface area contributed by atoms with E-state index in [-0.39, 0.29) is 0 Å². The molecule has 2 aliphatic carbocycles. The number of likely N-dealkylation sites (N-methyl/N-ethyl adjacent to an activating group) is 1. The normalized spacial score (nSPS) is 21.0. The minimum Gasteiger partial charge on any atom is -0.379 e. The number of hydrogen-bond acceptors (Lipinski definition) is 3. The Labute approximate surface area is 99.5 Å². The molecule has 2 aliphatic rings. The van der Waals surface area contributed by atoms with Crippen molar-refractivity contribution in [2.45, 2.75) is 31.7 Å². The van der Waals surface area contributed by atoms with Gasteiger partial charge < -0.3 is 15.0 Å². The molecule has 0 unspecified atom stereocenters. The first-order valence-electron chi connectivity index (χ1n) is 6.73. The van der Waals surface area contributed by atoms with Gasteiger partial charge in [-0.1, -0.05) is 0 Å². The summed E-state index contributed by atoms with van der Waals surface area (Å²) < 4.78 is 5.59. The molecule has 0 heterocycles. The highest BCUT2D eigenvalue weighted by Crippen LogP contribution is 2.44. The van der Waals surface area contributed by atoms with Crippen LogP contribution in [0.2, 0.25) is 0 Å². The fraction of sp³-hybridized carbons (Fsp3) is 1.00. The van der Waals surface area contributed by atoms with Crippen LogP contribution in [0.25, 0.3) is 0 Å². The lowest BCUT2D eigenvalue weighted by Crippen LogP contribution is -2.35. The Morgan fingerprint density at radius 2 is 1.75 bits per heavy atom. The van der Waals surface area contributed by atoms with Gasteiger partial charge in [0.25, 0.3) is 0 Å². The Kier molecular flexibility index (Phi) is 4.62. The summed E-state index contributed by atoms with van der Waals surface area (Å²) in [5, 5.41) is 3.69. The number of rotatable bonds is 9. The topological polar surface area (TPSA) is 24.5 Å². The lowest BCUT2D eigenvalue weighted by molar-refractivity contribution is 0.116. The molecule has 3 heteroatoms. The third-order valence-corrected chi connectivity index (χ3v) is 3.57. The second-order valence-corrected chi connectivity index (χ2v) is 5.57. The van der Waals surface area contributed by atoms with Crippen molar-refractivity contribution < 1.29 is 4.74 Å². The van der Waals surface area contributed by atoms with E-state index in [1.807, 2.05) is 0 Å². The maximum atomic E-state index is 5.59. The zero-order valence-corrected chi connectivity index (χ0v) is 10.7. The second-order valence-electron chi connectivity index (χ2n) is 5.57. The maximum absolute atomic E-state index is 5.59. The van der Waals surface area contributed by atoms with Crippen molar-refractivity contribution in [1.82, 2.24) is 10.2 Å². The van der Waals surface area contributed by atoms with Crippen LogP contribution in [0.3, 0.4) is 0 Å². The third-order valence-electron chi connectivity index (χ3n) is 3.57. The van der Waals surface area contributed by atoms with Gasteiger partial charge in [-0.3, -0.25) is 0 Å². The van der Waals surface area contributed by atoms with E-state index in [9.17, 15) is 0 Å². The van der Waals surface area contributed by atoms with Crippen LogP contribution in [0, 0.1) is 11.8 Å². The summed E-state index contributed by atoms with van der Waals surface area (Å²) >= 11 is 0. The van der Waals surface area contributed by atoms with Crippen molar-refractivity contribution in [2.75, 3.05) is 40.4 Å². The predicted molar refractivity (Wildman–Crippen MR) is 66.6 cm³/mol. The molecule has 0 bridgehead atoms. The van der Waals surface area contributed by atoms with Gasteiger partial charge in [0.05, 0.1) is 13.2 Å². The smallest absolute Gasteiger partial charge is 0.0593 e. The average molecular weight is 226 g/mol. The summed E-state index contributed by atoms with van der Waals surface area (Å²) in [7, 11) is 4.16. The van der Waals surface area contributed by atoms with Crippen LogP contribution in [0.4, 0.5) is 0 Å². The van der Waals surface area contributed by atoms with Gasteiger partial charge in [-0.2, -0.15) is 0 Å². The first kappa shape index (κ1) is 12.3. The molecule has 0 spiro atoms. The lowest BCUT2D eigenvalue weighted by Gasteiger charge is -2.17. The van der Waals surface area contributed by atoms with Crippen LogP contribution in [-0.2, 0) is 4.74 Å². The quantitative estimate of drug-likeness (QED) is 0.601. The van der Waals surface area contributed by atoms with Gasteiger partial charge >= 0.3 is 0 Å². The average Bonchev–Trinajstić information content (AvgIpc) is 3.10. The van der Waals surface area contributed by atoms with Crippen LogP contribution in [0.1, 0.15) is 25.7 Å². The molecule has 2 rings (SSSR count). The number of ether oxygens (including phenoxy) is 1. The van der Waals surface area contributed by atoms with Gasteiger partial charge in [0.2, 0.25) is 0 Å². The van der Waals surface area contributed by atoms with Crippen molar-refractivity contribution in [1.29, 1.82) is 0 Å². The van der Waals surface area contributed by atoms with Gasteiger partial charge in [0, 0.05) is 19.1 Å². The molecule has 0 aromatic rings. The first-order valence-corrected chi connectivity index (χ1v) is 6.73. The van der Waals surface area contributed by atoms with Gasteiger partial charge in [-0.15, -0.1) is 0 Å². The zero-order valence-electron chi connectivity index (χ0n) is 10.7. The fourth-order valence-electron chi connectivity index (χ4n) is 2.28. The van der Waals surface area contributed by atoms with Crippen LogP contribution < -0.4 is 5.32 Å². The van der Waals surface area contributed by atoms with Gasteiger partial charge in [-0.05, 0) is 51.6 Å². The summed E-state index contributed by atoms with van der Waals surface area (Å²) in [6, 6.07) is 0.817. The van der Waals surface area contributed by atoms with Gasteiger partial charge in [0.15, 0.2) is 0 Å². The Hall–Kier alpha value is -0.120. The monoisotopic (exact) mass is 226 g/mol. The Morgan fingerprint density at radius 3 is 2.25 bits per heavy atom. The standard InChI is InChI=1S/C13H26N2O/c1-15(2)8-10-16-9-7-14-13(11-3-4-11)12-5-6-12/h11-14H,3-10H2,1-2H3. The summed E-state index contributed by atoms with van der Waals surface area (Å²) in [6.07, 6.45) is 5.82. The highest BCUT2D eigenvalue weighted by Gasteiger charge is 2.40. The molecule has 0 amide bonds. The summed E-state index contributed by atoms with van der Waals surface area (Å²) in [5.74, 6) is 1.99. The highest BCUT2D eigenvalue weighted by atomic mass is 16.5. The fourth-order valence-corrected chi connectivity index (χ4v) is 2.28. The molecule has 0 saturated heterocycles. The first-order chi connectivity index (χ1) is 7.77. The minimum atomic E-state index is 0.817. The lowest BCUT2D eigenvalue weighted by atomic mass is 10.1. The van der Waals surface area contributed by atoms with E-state index in [1.54, 1.807) is 0 Å². The molecular weight excluding hydrogens is 200 g/mol. The molecule has 2 saturated carbocycles. The molecule has 0 aliphatic heterocycles. The zero-order chi connectivity index (χ0) is 11.4. The Bertz CT molecular complexity index is 188. The molecule has 0 radical (unpaired) electrons. The Morgan fingerprint density at radius 1 is 1.12 bits per heavy atom. The van der Waals surface area contributed by atoms with Crippen molar-refractivity contribution in [2.24, 2.45) is 11.8 Å². The number of nitrogens with one attached hydrogen (secondary N) is 1. The van der Waals surface area contributed by atoms with Crippen LogP contribution >= 0.6 is 0 Å². The maximum Gasteiger partial charge on any atom is 0.0593 e. The molecule has 0 aromatic carbocycles. The van der Waals surface area contributed by atoms with E-state index in [1.165, 1.54) is 25.7 Å². The van der Waals surface area contributed by atoms with Crippen LogP contribution in [-0.4, -0.2) is 51.3 Å². The molecule has 0 aromatic heterocycles. The third kappa shape index (κ3) is 4.40. The van der Waals surface area contributed by atoms with Crippen LogP contribution in [0.5, 0.6) is 0 Å². The molecular formula is C13H26N2O. The van der Waals surface area contributed by atoms with E-state index in [2.05, 4.69) is 24.3 Å². The molecule has 2 fully saturated rings. The van der Waals surface area contributed by atoms with E-state index < -0.39 is 0 Å². The molecule has 16 heavy (non-hydrogen) atoms. The number of nitrogens with zero attached hydrogens (tertiary/aromatic N) is 1. The minimum absolute atomic E-state index is 0.817. The molecule has 3 nitrogen and oxygen atoms in total. The molecule has 94 valence electrons. The number of hydrogen-bond donors (Lipinski definition) is 1. The van der Waals surface area contributed by atoms with E-state index >= 15 is 0 Å². The van der Waals surface area contributed by atoms with E-state index in [4.69, 9.17) is 4.74 Å². The van der Waals surface area contributed by atoms with E-state index in [0.717, 1.165) is 44.2 Å². The largest absolute Gasteiger partial charge is 0.379 e. The molecule has 1 N–H and O–H groups in total. The van der Waals surface area contributed by atoms with Crippen molar-refractivity contribution in [3.05, 3.63) is 0 Å².